The smallest absolute Gasteiger partial charge is 0.257 e. The van der Waals surface area contributed by atoms with Crippen LogP contribution in [-0.2, 0) is 10.0 Å². The Morgan fingerprint density at radius 2 is 1.70 bits per heavy atom. The number of hydrogen-bond acceptors (Lipinski definition) is 6. The zero-order valence-corrected chi connectivity index (χ0v) is 17.0. The van der Waals surface area contributed by atoms with Crippen LogP contribution in [0.1, 0.15) is 23.7 Å². The van der Waals surface area contributed by atoms with Gasteiger partial charge >= 0.3 is 0 Å². The molecule has 4 aromatic rings. The lowest BCUT2D eigenvalue weighted by Crippen LogP contribution is -2.25. The molecule has 0 saturated carbocycles. The number of hydrogen-bond donors (Lipinski definition) is 3. The number of nitrogen functional groups attached to an aromatic ring is 1. The number of carbonyl (C=O) groups excluding carboxylic acids is 1. The molecule has 0 saturated heterocycles. The number of primary sulfonamides is 1. The molecule has 0 aliphatic heterocycles. The van der Waals surface area contributed by atoms with Gasteiger partial charge in [0, 0.05) is 12.2 Å². The Hall–Kier alpha value is -3.50. The predicted molar refractivity (Wildman–Crippen MR) is 115 cm³/mol. The molecule has 0 atom stereocenters. The summed E-state index contributed by atoms with van der Waals surface area (Å²) in [5.41, 5.74) is 9.20. The Morgan fingerprint density at radius 1 is 1.07 bits per heavy atom. The van der Waals surface area contributed by atoms with Crippen LogP contribution in [0.3, 0.4) is 0 Å². The highest BCUT2D eigenvalue weighted by molar-refractivity contribution is 7.89. The van der Waals surface area contributed by atoms with E-state index < -0.39 is 10.0 Å². The second kappa shape index (κ2) is 7.39. The maximum atomic E-state index is 12.8. The third-order valence-electron chi connectivity index (χ3n) is 4.68. The number of rotatable bonds is 5. The molecule has 30 heavy (non-hydrogen) atoms. The summed E-state index contributed by atoms with van der Waals surface area (Å²) in [6.45, 7) is 2.45. The SMILES string of the molecule is CCCNC(=O)c1c(N)n(-c2ccc(S(N)(=O)=O)cc2)c2nc3ccccc3nc12. The minimum Gasteiger partial charge on any atom is -0.384 e. The summed E-state index contributed by atoms with van der Waals surface area (Å²) < 4.78 is 24.7. The van der Waals surface area contributed by atoms with E-state index in [1.807, 2.05) is 31.2 Å². The second-order valence-corrected chi connectivity index (χ2v) is 8.34. The summed E-state index contributed by atoms with van der Waals surface area (Å²) in [4.78, 5) is 22.1. The third-order valence-corrected chi connectivity index (χ3v) is 5.61. The minimum atomic E-state index is -3.83. The predicted octanol–water partition coefficient (Wildman–Crippen LogP) is 1.94. The van der Waals surface area contributed by atoms with Crippen molar-refractivity contribution in [1.82, 2.24) is 19.9 Å². The van der Waals surface area contributed by atoms with E-state index in [1.54, 1.807) is 16.7 Å². The Kier molecular flexibility index (Phi) is 4.88. The van der Waals surface area contributed by atoms with Crippen molar-refractivity contribution in [1.29, 1.82) is 0 Å². The van der Waals surface area contributed by atoms with Gasteiger partial charge in [-0.25, -0.2) is 23.5 Å². The van der Waals surface area contributed by atoms with Gasteiger partial charge in [0.2, 0.25) is 10.0 Å². The fourth-order valence-electron chi connectivity index (χ4n) is 3.26. The molecular weight excluding hydrogens is 404 g/mol. The summed E-state index contributed by atoms with van der Waals surface area (Å²) in [5, 5.41) is 8.01. The van der Waals surface area contributed by atoms with Crippen LogP contribution in [0.2, 0.25) is 0 Å². The first-order valence-corrected chi connectivity index (χ1v) is 10.8. The average molecular weight is 424 g/mol. The van der Waals surface area contributed by atoms with Crippen LogP contribution in [0.5, 0.6) is 0 Å². The standard InChI is InChI=1S/C20H20N6O3S/c1-2-11-23-20(27)16-17-19(25-15-6-4-3-5-14(15)24-17)26(18(16)21)12-7-9-13(10-8-12)30(22,28)29/h3-10H,2,11,21H2,1H3,(H,23,27)(H2,22,28,29). The zero-order chi connectivity index (χ0) is 21.5. The quantitative estimate of drug-likeness (QED) is 0.446. The summed E-state index contributed by atoms with van der Waals surface area (Å²) in [6.07, 6.45) is 0.772. The van der Waals surface area contributed by atoms with Crippen LogP contribution in [0, 0.1) is 0 Å². The Morgan fingerprint density at radius 3 is 2.30 bits per heavy atom. The van der Waals surface area contributed by atoms with Gasteiger partial charge in [0.25, 0.3) is 5.91 Å². The fourth-order valence-corrected chi connectivity index (χ4v) is 3.77. The van der Waals surface area contributed by atoms with Crippen molar-refractivity contribution in [3.63, 3.8) is 0 Å². The molecule has 154 valence electrons. The molecule has 4 rings (SSSR count). The minimum absolute atomic E-state index is 0.0290. The van der Waals surface area contributed by atoms with Gasteiger partial charge in [-0.2, -0.15) is 0 Å². The number of nitrogens with zero attached hydrogens (tertiary/aromatic N) is 3. The number of sulfonamides is 1. The Balaban J connectivity index is 1.99. The first kappa shape index (κ1) is 19.8. The van der Waals surface area contributed by atoms with Gasteiger partial charge in [-0.15, -0.1) is 0 Å². The molecule has 5 N–H and O–H groups in total. The van der Waals surface area contributed by atoms with Crippen LogP contribution in [0.4, 0.5) is 5.82 Å². The number of amides is 1. The van der Waals surface area contributed by atoms with E-state index in [0.717, 1.165) is 6.42 Å². The molecule has 0 fully saturated rings. The van der Waals surface area contributed by atoms with Gasteiger partial charge in [-0.3, -0.25) is 9.36 Å². The lowest BCUT2D eigenvalue weighted by Gasteiger charge is -2.09. The lowest BCUT2D eigenvalue weighted by molar-refractivity contribution is 0.0956. The monoisotopic (exact) mass is 424 g/mol. The van der Waals surface area contributed by atoms with E-state index in [1.165, 1.54) is 12.1 Å². The molecule has 2 aromatic carbocycles. The maximum absolute atomic E-state index is 12.8. The fraction of sp³-hybridized carbons (Fsp3) is 0.150. The first-order chi connectivity index (χ1) is 14.3. The van der Waals surface area contributed by atoms with E-state index in [-0.39, 0.29) is 22.2 Å². The molecule has 2 aromatic heterocycles. The molecule has 0 aliphatic rings. The summed E-state index contributed by atoms with van der Waals surface area (Å²) in [5.74, 6) is -0.180. The van der Waals surface area contributed by atoms with Crippen LogP contribution >= 0.6 is 0 Å². The topological polar surface area (TPSA) is 146 Å². The highest BCUT2D eigenvalue weighted by Gasteiger charge is 2.24. The lowest BCUT2D eigenvalue weighted by atomic mass is 10.2. The first-order valence-electron chi connectivity index (χ1n) is 9.29. The molecule has 2 heterocycles. The van der Waals surface area contributed by atoms with E-state index in [2.05, 4.69) is 15.3 Å². The molecule has 10 heteroatoms. The van der Waals surface area contributed by atoms with Crippen molar-refractivity contribution in [3.05, 3.63) is 54.1 Å². The number of nitrogens with one attached hydrogen (secondary N) is 1. The average Bonchev–Trinajstić information content (AvgIpc) is 3.00. The number of carbonyl (C=O) groups is 1. The van der Waals surface area contributed by atoms with Crippen molar-refractivity contribution >= 4 is 43.9 Å². The molecule has 0 unspecified atom stereocenters. The number of para-hydroxylation sites is 2. The number of nitrogens with two attached hydrogens (primary N) is 2. The van der Waals surface area contributed by atoms with Crippen molar-refractivity contribution in [3.8, 4) is 5.69 Å². The van der Waals surface area contributed by atoms with Crippen molar-refractivity contribution in [2.24, 2.45) is 5.14 Å². The molecule has 0 spiro atoms. The second-order valence-electron chi connectivity index (χ2n) is 6.77. The van der Waals surface area contributed by atoms with Crippen LogP contribution in [0.25, 0.3) is 27.9 Å². The highest BCUT2D eigenvalue weighted by Crippen LogP contribution is 2.31. The molecule has 1 amide bonds. The number of aromatic nitrogens is 3. The molecule has 0 radical (unpaired) electrons. The molecule has 0 bridgehead atoms. The molecule has 0 aliphatic carbocycles. The van der Waals surface area contributed by atoms with Crippen LogP contribution < -0.4 is 16.2 Å². The number of anilines is 1. The van der Waals surface area contributed by atoms with Gasteiger partial charge in [0.15, 0.2) is 5.65 Å². The highest BCUT2D eigenvalue weighted by atomic mass is 32.2. The van der Waals surface area contributed by atoms with Gasteiger partial charge in [0.05, 0.1) is 15.9 Å². The van der Waals surface area contributed by atoms with E-state index in [9.17, 15) is 13.2 Å². The number of benzene rings is 2. The normalized spacial score (nSPS) is 11.8. The third kappa shape index (κ3) is 3.36. The van der Waals surface area contributed by atoms with Crippen molar-refractivity contribution < 1.29 is 13.2 Å². The Bertz CT molecular complexity index is 1380. The van der Waals surface area contributed by atoms with Gasteiger partial charge in [-0.1, -0.05) is 19.1 Å². The van der Waals surface area contributed by atoms with E-state index >= 15 is 0 Å². The largest absolute Gasteiger partial charge is 0.384 e. The zero-order valence-electron chi connectivity index (χ0n) is 16.2. The maximum Gasteiger partial charge on any atom is 0.257 e. The van der Waals surface area contributed by atoms with Crippen molar-refractivity contribution in [2.75, 3.05) is 12.3 Å². The van der Waals surface area contributed by atoms with Gasteiger partial charge in [-0.05, 0) is 42.8 Å². The van der Waals surface area contributed by atoms with E-state index in [0.29, 0.717) is 34.4 Å². The summed E-state index contributed by atoms with van der Waals surface area (Å²) >= 11 is 0. The molecular formula is C20H20N6O3S. The number of fused-ring (bicyclic) bond motifs is 2. The summed E-state index contributed by atoms with van der Waals surface area (Å²) in [7, 11) is -3.83. The van der Waals surface area contributed by atoms with Crippen LogP contribution in [0.15, 0.2) is 53.4 Å². The van der Waals surface area contributed by atoms with Crippen LogP contribution in [-0.4, -0.2) is 35.4 Å². The molecule has 9 nitrogen and oxygen atoms in total. The van der Waals surface area contributed by atoms with Gasteiger partial charge in [0.1, 0.15) is 16.9 Å². The summed E-state index contributed by atoms with van der Waals surface area (Å²) in [6, 6.07) is 13.2. The van der Waals surface area contributed by atoms with Gasteiger partial charge < -0.3 is 11.1 Å². The van der Waals surface area contributed by atoms with Crippen molar-refractivity contribution in [2.45, 2.75) is 18.2 Å². The Labute approximate surface area is 172 Å². The van der Waals surface area contributed by atoms with E-state index in [4.69, 9.17) is 10.9 Å².